The molecule has 0 atom stereocenters. The van der Waals surface area contributed by atoms with Gasteiger partial charge in [0, 0.05) is 10.0 Å². The molecule has 0 amide bonds. The molecule has 0 spiro atoms. The first kappa shape index (κ1) is 13.3. The monoisotopic (exact) mass is 288 g/mol. The van der Waals surface area contributed by atoms with E-state index in [1.165, 1.54) is 0 Å². The van der Waals surface area contributed by atoms with E-state index in [-0.39, 0.29) is 12.5 Å². The molecule has 0 bridgehead atoms. The average molecular weight is 289 g/mol. The second-order valence-corrected chi connectivity index (χ2v) is 4.65. The molecule has 1 aromatic carbocycles. The fourth-order valence-corrected chi connectivity index (χ4v) is 2.35. The Morgan fingerprint density at radius 3 is 2.31 bits per heavy atom. The van der Waals surface area contributed by atoms with E-state index in [1.54, 1.807) is 14.2 Å². The van der Waals surface area contributed by atoms with Gasteiger partial charge in [-0.05, 0) is 17.5 Å². The third-order valence-electron chi connectivity index (χ3n) is 2.50. The Hall–Kier alpha value is -0.740. The van der Waals surface area contributed by atoms with Crippen molar-refractivity contribution in [1.82, 2.24) is 0 Å². The number of hydrogen-bond donors (Lipinski definition) is 1. The van der Waals surface area contributed by atoms with Gasteiger partial charge in [-0.15, -0.1) is 0 Å². The molecule has 0 aliphatic heterocycles. The van der Waals surface area contributed by atoms with Crippen molar-refractivity contribution in [2.75, 3.05) is 14.2 Å². The van der Waals surface area contributed by atoms with E-state index in [0.717, 1.165) is 15.6 Å². The van der Waals surface area contributed by atoms with Crippen molar-refractivity contribution in [2.45, 2.75) is 26.4 Å². The van der Waals surface area contributed by atoms with E-state index < -0.39 is 0 Å². The molecule has 16 heavy (non-hydrogen) atoms. The van der Waals surface area contributed by atoms with Crippen molar-refractivity contribution in [3.8, 4) is 11.5 Å². The zero-order valence-corrected chi connectivity index (χ0v) is 11.6. The summed E-state index contributed by atoms with van der Waals surface area (Å²) in [5, 5.41) is 9.41. The Morgan fingerprint density at radius 1 is 1.31 bits per heavy atom. The molecule has 0 aromatic heterocycles. The number of aliphatic hydroxyl groups is 1. The number of aliphatic hydroxyl groups excluding tert-OH is 1. The van der Waals surface area contributed by atoms with Crippen LogP contribution < -0.4 is 9.47 Å². The molecule has 3 nitrogen and oxygen atoms in total. The molecule has 1 N–H and O–H groups in total. The molecule has 4 heteroatoms. The highest BCUT2D eigenvalue weighted by molar-refractivity contribution is 9.10. The fourth-order valence-electron chi connectivity index (χ4n) is 1.80. The van der Waals surface area contributed by atoms with Crippen molar-refractivity contribution in [3.63, 3.8) is 0 Å². The van der Waals surface area contributed by atoms with Gasteiger partial charge in [0.2, 0.25) is 0 Å². The van der Waals surface area contributed by atoms with Crippen LogP contribution in [0.1, 0.15) is 30.9 Å². The summed E-state index contributed by atoms with van der Waals surface area (Å²) in [5.74, 6) is 1.63. The van der Waals surface area contributed by atoms with Crippen LogP contribution in [0, 0.1) is 0 Å². The Labute approximate surface area is 105 Å². The first-order valence-electron chi connectivity index (χ1n) is 5.10. The minimum atomic E-state index is -0.0194. The van der Waals surface area contributed by atoms with Crippen LogP contribution in [0.25, 0.3) is 0 Å². The number of ether oxygens (including phenoxy) is 2. The third-order valence-corrected chi connectivity index (χ3v) is 3.21. The van der Waals surface area contributed by atoms with E-state index >= 15 is 0 Å². The zero-order valence-electron chi connectivity index (χ0n) is 10.0. The standard InChI is InChI=1S/C12H17BrO3/c1-7(2)11-8(6-14)9(13)5-10(15-3)12(11)16-4/h5,7,14H,6H2,1-4H3. The van der Waals surface area contributed by atoms with Crippen LogP contribution in [0.4, 0.5) is 0 Å². The largest absolute Gasteiger partial charge is 0.493 e. The molecule has 1 rings (SSSR count). The topological polar surface area (TPSA) is 38.7 Å². The molecule has 0 aliphatic rings. The molecule has 0 aliphatic carbocycles. The lowest BCUT2D eigenvalue weighted by Crippen LogP contribution is -2.04. The molecule has 0 saturated heterocycles. The van der Waals surface area contributed by atoms with Gasteiger partial charge in [-0.3, -0.25) is 0 Å². The van der Waals surface area contributed by atoms with Crippen molar-refractivity contribution in [3.05, 3.63) is 21.7 Å². The number of halogens is 1. The molecule has 1 aromatic rings. The first-order valence-corrected chi connectivity index (χ1v) is 5.90. The van der Waals surface area contributed by atoms with Crippen molar-refractivity contribution >= 4 is 15.9 Å². The minimum Gasteiger partial charge on any atom is -0.493 e. The molecule has 0 unspecified atom stereocenters. The van der Waals surface area contributed by atoms with E-state index in [1.807, 2.05) is 6.07 Å². The maximum Gasteiger partial charge on any atom is 0.164 e. The van der Waals surface area contributed by atoms with Gasteiger partial charge in [-0.2, -0.15) is 0 Å². The maximum absolute atomic E-state index is 9.41. The number of rotatable bonds is 4. The summed E-state index contributed by atoms with van der Waals surface area (Å²) in [6.45, 7) is 4.10. The molecular weight excluding hydrogens is 272 g/mol. The van der Waals surface area contributed by atoms with Crippen LogP contribution in [0.3, 0.4) is 0 Å². The maximum atomic E-state index is 9.41. The normalized spacial score (nSPS) is 10.7. The summed E-state index contributed by atoms with van der Waals surface area (Å²) in [4.78, 5) is 0. The van der Waals surface area contributed by atoms with E-state index in [0.29, 0.717) is 11.5 Å². The lowest BCUT2D eigenvalue weighted by Gasteiger charge is -2.20. The Kier molecular flexibility index (Phi) is 4.62. The number of methoxy groups -OCH3 is 2. The van der Waals surface area contributed by atoms with Crippen LogP contribution >= 0.6 is 15.9 Å². The van der Waals surface area contributed by atoms with E-state index in [2.05, 4.69) is 29.8 Å². The van der Waals surface area contributed by atoms with E-state index in [9.17, 15) is 5.11 Å². The SMILES string of the molecule is COc1cc(Br)c(CO)c(C(C)C)c1OC. The van der Waals surface area contributed by atoms with Crippen molar-refractivity contribution < 1.29 is 14.6 Å². The molecular formula is C12H17BrO3. The van der Waals surface area contributed by atoms with Gasteiger partial charge in [-0.25, -0.2) is 0 Å². The smallest absolute Gasteiger partial charge is 0.164 e. The summed E-state index contributed by atoms with van der Waals surface area (Å²) in [5.41, 5.74) is 1.84. The van der Waals surface area contributed by atoms with Gasteiger partial charge in [0.05, 0.1) is 20.8 Å². The van der Waals surface area contributed by atoms with Gasteiger partial charge in [0.25, 0.3) is 0 Å². The van der Waals surface area contributed by atoms with Gasteiger partial charge in [0.15, 0.2) is 11.5 Å². The highest BCUT2D eigenvalue weighted by atomic mass is 79.9. The average Bonchev–Trinajstić information content (AvgIpc) is 2.27. The summed E-state index contributed by atoms with van der Waals surface area (Å²) < 4.78 is 11.5. The second kappa shape index (κ2) is 5.55. The minimum absolute atomic E-state index is 0.0194. The van der Waals surface area contributed by atoms with Gasteiger partial charge in [0.1, 0.15) is 0 Å². The van der Waals surface area contributed by atoms with Crippen LogP contribution in [0.5, 0.6) is 11.5 Å². The third kappa shape index (κ3) is 2.33. The molecule has 0 radical (unpaired) electrons. The van der Waals surface area contributed by atoms with Crippen LogP contribution in [0.2, 0.25) is 0 Å². The molecule has 0 heterocycles. The van der Waals surface area contributed by atoms with Crippen molar-refractivity contribution in [2.24, 2.45) is 0 Å². The summed E-state index contributed by atoms with van der Waals surface area (Å²) >= 11 is 3.44. The zero-order chi connectivity index (χ0) is 12.3. The van der Waals surface area contributed by atoms with Gasteiger partial charge in [-0.1, -0.05) is 29.8 Å². The highest BCUT2D eigenvalue weighted by Crippen LogP contribution is 2.41. The predicted octanol–water partition coefficient (Wildman–Crippen LogP) is 3.08. The quantitative estimate of drug-likeness (QED) is 0.925. The Bertz CT molecular complexity index is 375. The molecule has 0 saturated carbocycles. The first-order chi connectivity index (χ1) is 7.56. The summed E-state index contributed by atoms with van der Waals surface area (Å²) in [6.07, 6.45) is 0. The second-order valence-electron chi connectivity index (χ2n) is 3.80. The molecule has 90 valence electrons. The Balaban J connectivity index is 3.53. The summed E-state index contributed by atoms with van der Waals surface area (Å²) in [7, 11) is 3.21. The number of hydrogen-bond acceptors (Lipinski definition) is 3. The summed E-state index contributed by atoms with van der Waals surface area (Å²) in [6, 6.07) is 1.82. The number of benzene rings is 1. The Morgan fingerprint density at radius 2 is 1.94 bits per heavy atom. The van der Waals surface area contributed by atoms with Crippen LogP contribution in [0.15, 0.2) is 10.5 Å². The predicted molar refractivity (Wildman–Crippen MR) is 67.3 cm³/mol. The van der Waals surface area contributed by atoms with Crippen LogP contribution in [-0.2, 0) is 6.61 Å². The van der Waals surface area contributed by atoms with E-state index in [4.69, 9.17) is 9.47 Å². The van der Waals surface area contributed by atoms with Gasteiger partial charge < -0.3 is 14.6 Å². The lowest BCUT2D eigenvalue weighted by molar-refractivity contribution is 0.276. The highest BCUT2D eigenvalue weighted by Gasteiger charge is 2.20. The van der Waals surface area contributed by atoms with Crippen molar-refractivity contribution in [1.29, 1.82) is 0 Å². The van der Waals surface area contributed by atoms with Crippen LogP contribution in [-0.4, -0.2) is 19.3 Å². The molecule has 0 fully saturated rings. The fraction of sp³-hybridized carbons (Fsp3) is 0.500. The van der Waals surface area contributed by atoms with Gasteiger partial charge >= 0.3 is 0 Å². The lowest BCUT2D eigenvalue weighted by atomic mass is 9.96.